The Kier molecular flexibility index (Phi) is 3.85. The maximum Gasteiger partial charge on any atom is 0.326 e. The summed E-state index contributed by atoms with van der Waals surface area (Å²) in [7, 11) is 1.51. The topological polar surface area (TPSA) is 35.2 Å². The van der Waals surface area contributed by atoms with Crippen LogP contribution in [0.2, 0.25) is 0 Å². The molecule has 0 saturated carbocycles. The second-order valence-corrected chi connectivity index (χ2v) is 4.43. The summed E-state index contributed by atoms with van der Waals surface area (Å²) in [5.74, 6) is -3.65. The minimum Gasteiger partial charge on any atom is -0.497 e. The van der Waals surface area contributed by atoms with Gasteiger partial charge in [-0.3, -0.25) is 0 Å². The number of nitrogens with two attached hydrogens (primary N) is 1. The van der Waals surface area contributed by atoms with Crippen LogP contribution in [0.25, 0.3) is 10.8 Å². The van der Waals surface area contributed by atoms with Crippen molar-refractivity contribution in [1.82, 2.24) is 0 Å². The highest BCUT2D eigenvalue weighted by Crippen LogP contribution is 2.36. The average molecular weight is 287 g/mol. The highest BCUT2D eigenvalue weighted by atomic mass is 19.3. The molecule has 20 heavy (non-hydrogen) atoms. The van der Waals surface area contributed by atoms with Gasteiger partial charge in [-0.05, 0) is 34.5 Å². The Morgan fingerprint density at radius 3 is 2.25 bits per heavy atom. The summed E-state index contributed by atoms with van der Waals surface area (Å²) >= 11 is 0. The molecule has 2 aromatic carbocycles. The van der Waals surface area contributed by atoms with Gasteiger partial charge in [0.1, 0.15) is 11.8 Å². The van der Waals surface area contributed by atoms with E-state index < -0.39 is 18.4 Å². The zero-order chi connectivity index (χ0) is 14.9. The van der Waals surface area contributed by atoms with Crippen LogP contribution >= 0.6 is 0 Å². The summed E-state index contributed by atoms with van der Waals surface area (Å²) in [4.78, 5) is 0. The van der Waals surface area contributed by atoms with Gasteiger partial charge in [0.2, 0.25) is 0 Å². The Morgan fingerprint density at radius 2 is 1.65 bits per heavy atom. The largest absolute Gasteiger partial charge is 0.497 e. The normalized spacial score (nSPS) is 13.8. The molecular formula is C14H13F4NO. The van der Waals surface area contributed by atoms with Crippen LogP contribution in [0.3, 0.4) is 0 Å². The van der Waals surface area contributed by atoms with Crippen molar-refractivity contribution < 1.29 is 22.3 Å². The molecule has 0 heterocycles. The van der Waals surface area contributed by atoms with Gasteiger partial charge in [0.25, 0.3) is 0 Å². The van der Waals surface area contributed by atoms with Crippen molar-refractivity contribution in [2.24, 2.45) is 5.73 Å². The zero-order valence-corrected chi connectivity index (χ0v) is 10.6. The third kappa shape index (κ3) is 2.56. The molecule has 1 unspecified atom stereocenters. The molecule has 108 valence electrons. The van der Waals surface area contributed by atoms with E-state index in [0.29, 0.717) is 11.1 Å². The number of rotatable bonds is 4. The van der Waals surface area contributed by atoms with Gasteiger partial charge in [-0.1, -0.05) is 18.2 Å². The number of fused-ring (bicyclic) bond motifs is 1. The molecule has 2 rings (SSSR count). The van der Waals surface area contributed by atoms with Gasteiger partial charge in [0.15, 0.2) is 0 Å². The Morgan fingerprint density at radius 1 is 1.05 bits per heavy atom. The summed E-state index contributed by atoms with van der Waals surface area (Å²) in [6.07, 6.45) is -3.80. The fraction of sp³-hybridized carbons (Fsp3) is 0.286. The maximum absolute atomic E-state index is 13.2. The van der Waals surface area contributed by atoms with E-state index in [1.165, 1.54) is 19.2 Å². The quantitative estimate of drug-likeness (QED) is 0.869. The molecule has 0 fully saturated rings. The molecule has 0 aliphatic heterocycles. The molecule has 0 aromatic heterocycles. The summed E-state index contributed by atoms with van der Waals surface area (Å²) in [5.41, 5.74) is 5.23. The van der Waals surface area contributed by atoms with Gasteiger partial charge >= 0.3 is 12.3 Å². The van der Waals surface area contributed by atoms with E-state index in [9.17, 15) is 17.6 Å². The number of hydrogen-bond donors (Lipinski definition) is 1. The van der Waals surface area contributed by atoms with Crippen LogP contribution in [-0.4, -0.2) is 19.5 Å². The number of methoxy groups -OCH3 is 1. The first kappa shape index (κ1) is 14.6. The van der Waals surface area contributed by atoms with Crippen molar-refractivity contribution in [2.45, 2.75) is 18.4 Å². The van der Waals surface area contributed by atoms with Gasteiger partial charge in [-0.15, -0.1) is 0 Å². The van der Waals surface area contributed by atoms with E-state index >= 15 is 0 Å². The van der Waals surface area contributed by atoms with E-state index in [0.717, 1.165) is 5.39 Å². The van der Waals surface area contributed by atoms with E-state index in [-0.39, 0.29) is 5.56 Å². The van der Waals surface area contributed by atoms with Crippen LogP contribution in [-0.2, 0) is 0 Å². The third-order valence-electron chi connectivity index (χ3n) is 3.14. The smallest absolute Gasteiger partial charge is 0.326 e. The van der Waals surface area contributed by atoms with E-state index in [2.05, 4.69) is 0 Å². The highest BCUT2D eigenvalue weighted by molar-refractivity contribution is 5.84. The van der Waals surface area contributed by atoms with Crippen molar-refractivity contribution in [1.29, 1.82) is 0 Å². The summed E-state index contributed by atoms with van der Waals surface area (Å²) in [5, 5.41) is 1.38. The predicted molar refractivity (Wildman–Crippen MR) is 68.4 cm³/mol. The van der Waals surface area contributed by atoms with Crippen LogP contribution in [0.4, 0.5) is 17.6 Å². The van der Waals surface area contributed by atoms with Crippen LogP contribution < -0.4 is 10.5 Å². The number of alkyl halides is 4. The Hall–Kier alpha value is -1.82. The molecule has 6 heteroatoms. The summed E-state index contributed by atoms with van der Waals surface area (Å²) in [6.45, 7) is 0. The van der Waals surface area contributed by atoms with E-state index in [1.807, 2.05) is 0 Å². The Balaban J connectivity index is 2.42. The molecular weight excluding hydrogens is 274 g/mol. The monoisotopic (exact) mass is 287 g/mol. The summed E-state index contributed by atoms with van der Waals surface area (Å²) < 4.78 is 56.2. The summed E-state index contributed by atoms with van der Waals surface area (Å²) in [6, 6.07) is 7.24. The second kappa shape index (κ2) is 5.28. The second-order valence-electron chi connectivity index (χ2n) is 4.43. The standard InChI is InChI=1S/C14H13F4NO/c1-20-11-5-4-8-6-10(3-2-9(8)7-11)12(19)14(17,18)13(15)16/h2-7,12-13H,19H2,1H3. The average Bonchev–Trinajstić information content (AvgIpc) is 2.45. The Labute approximate surface area is 113 Å². The lowest BCUT2D eigenvalue weighted by Crippen LogP contribution is -2.39. The van der Waals surface area contributed by atoms with Crippen molar-refractivity contribution in [3.8, 4) is 5.75 Å². The molecule has 0 spiro atoms. The number of benzene rings is 2. The van der Waals surface area contributed by atoms with Gasteiger partial charge in [0.05, 0.1) is 7.11 Å². The molecule has 0 aliphatic carbocycles. The molecule has 0 bridgehead atoms. The highest BCUT2D eigenvalue weighted by Gasteiger charge is 2.47. The molecule has 0 amide bonds. The Bertz CT molecular complexity index is 615. The fourth-order valence-corrected chi connectivity index (χ4v) is 1.92. The lowest BCUT2D eigenvalue weighted by atomic mass is 9.98. The first-order valence-corrected chi connectivity index (χ1v) is 5.85. The van der Waals surface area contributed by atoms with Crippen molar-refractivity contribution in [3.63, 3.8) is 0 Å². The molecule has 1 atom stereocenters. The van der Waals surface area contributed by atoms with Crippen molar-refractivity contribution in [3.05, 3.63) is 42.0 Å². The van der Waals surface area contributed by atoms with Crippen molar-refractivity contribution >= 4 is 10.8 Å². The van der Waals surface area contributed by atoms with E-state index in [1.54, 1.807) is 24.3 Å². The molecule has 2 N–H and O–H groups in total. The van der Waals surface area contributed by atoms with Crippen LogP contribution in [0.1, 0.15) is 11.6 Å². The number of hydrogen-bond acceptors (Lipinski definition) is 2. The molecule has 0 radical (unpaired) electrons. The van der Waals surface area contributed by atoms with Gasteiger partial charge < -0.3 is 10.5 Å². The first-order chi connectivity index (χ1) is 9.36. The first-order valence-electron chi connectivity index (χ1n) is 5.85. The molecule has 0 saturated heterocycles. The molecule has 2 aromatic rings. The van der Waals surface area contributed by atoms with E-state index in [4.69, 9.17) is 10.5 Å². The maximum atomic E-state index is 13.2. The van der Waals surface area contributed by atoms with Crippen molar-refractivity contribution in [2.75, 3.05) is 7.11 Å². The van der Waals surface area contributed by atoms with Crippen LogP contribution in [0.15, 0.2) is 36.4 Å². The lowest BCUT2D eigenvalue weighted by molar-refractivity contribution is -0.144. The minimum absolute atomic E-state index is 0.0343. The lowest BCUT2D eigenvalue weighted by Gasteiger charge is -2.23. The fourth-order valence-electron chi connectivity index (χ4n) is 1.92. The van der Waals surface area contributed by atoms with Gasteiger partial charge in [-0.25, -0.2) is 8.78 Å². The SMILES string of the molecule is COc1ccc2cc(C(N)C(F)(F)C(F)F)ccc2c1. The predicted octanol–water partition coefficient (Wildman–Crippen LogP) is 3.75. The molecule has 2 nitrogen and oxygen atoms in total. The van der Waals surface area contributed by atoms with Gasteiger partial charge in [0, 0.05) is 0 Å². The van der Waals surface area contributed by atoms with Crippen LogP contribution in [0, 0.1) is 0 Å². The zero-order valence-electron chi connectivity index (χ0n) is 10.6. The minimum atomic E-state index is -4.26. The van der Waals surface area contributed by atoms with Crippen LogP contribution in [0.5, 0.6) is 5.75 Å². The third-order valence-corrected chi connectivity index (χ3v) is 3.14. The number of halogens is 4. The van der Waals surface area contributed by atoms with Gasteiger partial charge in [-0.2, -0.15) is 8.78 Å². The molecule has 0 aliphatic rings. The number of ether oxygens (including phenoxy) is 1.